The monoisotopic (exact) mass is 279 g/mol. The molecule has 1 atom stereocenters. The Morgan fingerprint density at radius 1 is 1.56 bits per heavy atom. The Morgan fingerprint density at radius 2 is 2.00 bits per heavy atom. The summed E-state index contributed by atoms with van der Waals surface area (Å²) in [7, 11) is -4.06. The molecule has 0 heterocycles. The van der Waals surface area contributed by atoms with E-state index in [-0.39, 0.29) is 10.6 Å². The molecule has 0 aromatic rings. The molecule has 0 N–H and O–H groups in total. The van der Waals surface area contributed by atoms with Crippen LogP contribution < -0.4 is 0 Å². The Hall–Kier alpha value is 0.870. The van der Waals surface area contributed by atoms with Gasteiger partial charge in [0.15, 0.2) is 0 Å². The van der Waals surface area contributed by atoms with E-state index in [9.17, 15) is 13.0 Å². The molecular weight excluding hydrogens is 276 g/mol. The lowest BCUT2D eigenvalue weighted by atomic mass is 10.6. The van der Waals surface area contributed by atoms with Crippen molar-refractivity contribution in [2.75, 3.05) is 11.1 Å². The summed E-state index contributed by atoms with van der Waals surface area (Å²) in [5, 5.41) is 0.467. The number of hydrogen-bond donors (Lipinski definition) is 0. The number of alkyl halides is 2. The maximum atomic E-state index is 9.99. The van der Waals surface area contributed by atoms with Gasteiger partial charge in [-0.2, -0.15) is 0 Å². The normalized spacial score (nSPS) is 15.4. The van der Waals surface area contributed by atoms with Crippen molar-refractivity contribution in [2.24, 2.45) is 0 Å². The van der Waals surface area contributed by atoms with Crippen molar-refractivity contribution in [3.8, 4) is 0 Å². The van der Waals surface area contributed by atoms with E-state index in [0.29, 0.717) is 5.33 Å². The van der Waals surface area contributed by atoms with Crippen LogP contribution in [0.5, 0.6) is 0 Å². The van der Waals surface area contributed by atoms with E-state index >= 15 is 0 Å². The highest BCUT2D eigenvalue weighted by Gasteiger charge is 2.05. The molecule has 0 saturated carbocycles. The van der Waals surface area contributed by atoms with Gasteiger partial charge in [0.1, 0.15) is 0 Å². The lowest BCUT2D eigenvalue weighted by molar-refractivity contribution is 0.463. The molecule has 0 aromatic heterocycles. The third kappa shape index (κ3) is 6.76. The summed E-state index contributed by atoms with van der Waals surface area (Å²) in [4.78, 5) is -0.278. The molecule has 0 aliphatic rings. The fourth-order valence-corrected chi connectivity index (χ4v) is 2.33. The quantitative estimate of drug-likeness (QED) is 0.565. The lowest BCUT2D eigenvalue weighted by Crippen LogP contribution is -2.15. The minimum atomic E-state index is -4.06. The van der Waals surface area contributed by atoms with Gasteiger partial charge in [-0.05, 0) is 0 Å². The molecule has 0 spiro atoms. The summed E-state index contributed by atoms with van der Waals surface area (Å²) in [6.07, 6.45) is 0. The molecule has 3 nitrogen and oxygen atoms in total. The molecule has 9 heavy (non-hydrogen) atoms. The Balaban J connectivity index is 3.75. The van der Waals surface area contributed by atoms with E-state index in [1.54, 1.807) is 0 Å². The zero-order chi connectivity index (χ0) is 7.49. The average molecular weight is 281 g/mol. The Bertz CT molecular complexity index is 164. The van der Waals surface area contributed by atoms with Crippen molar-refractivity contribution in [3.05, 3.63) is 0 Å². The van der Waals surface area contributed by atoms with E-state index in [4.69, 9.17) is 0 Å². The highest BCUT2D eigenvalue weighted by Crippen LogP contribution is 2.05. The zero-order valence-electron chi connectivity index (χ0n) is 4.38. The van der Waals surface area contributed by atoms with Crippen LogP contribution in [0.15, 0.2) is 0 Å². The van der Waals surface area contributed by atoms with Gasteiger partial charge >= 0.3 is 0 Å². The first kappa shape index (κ1) is 9.87. The summed E-state index contributed by atoms with van der Waals surface area (Å²) in [5.74, 6) is -0.363. The maximum Gasteiger partial charge on any atom is 0.0957 e. The molecule has 1 unspecified atom stereocenters. The van der Waals surface area contributed by atoms with Crippen molar-refractivity contribution in [1.29, 1.82) is 0 Å². The predicted molar refractivity (Wildman–Crippen MR) is 41.1 cm³/mol. The third-order valence-corrected chi connectivity index (χ3v) is 4.09. The maximum absolute atomic E-state index is 9.99. The van der Waals surface area contributed by atoms with E-state index in [1.165, 1.54) is 0 Å². The molecule has 0 radical (unpaired) electrons. The summed E-state index contributed by atoms with van der Waals surface area (Å²) >= 11 is 6.00. The minimum Gasteiger partial charge on any atom is -0.748 e. The van der Waals surface area contributed by atoms with Crippen LogP contribution in [0.4, 0.5) is 0 Å². The van der Waals surface area contributed by atoms with Crippen LogP contribution in [0.1, 0.15) is 0 Å². The van der Waals surface area contributed by atoms with Gasteiger partial charge in [-0.3, -0.25) is 0 Å². The van der Waals surface area contributed by atoms with Gasteiger partial charge in [0.05, 0.1) is 15.9 Å². The molecule has 0 saturated heterocycles. The van der Waals surface area contributed by atoms with Gasteiger partial charge in [0, 0.05) is 10.2 Å². The largest absolute Gasteiger partial charge is 0.748 e. The van der Waals surface area contributed by atoms with Gasteiger partial charge in [-0.25, -0.2) is 8.42 Å². The van der Waals surface area contributed by atoms with Crippen LogP contribution >= 0.6 is 31.9 Å². The first-order valence-corrected chi connectivity index (χ1v) is 5.71. The van der Waals surface area contributed by atoms with Gasteiger partial charge in [0.2, 0.25) is 0 Å². The smallest absolute Gasteiger partial charge is 0.0957 e. The number of halogens is 2. The second-order valence-electron chi connectivity index (χ2n) is 1.48. The molecule has 0 aliphatic heterocycles. The topological polar surface area (TPSA) is 57.2 Å². The minimum absolute atomic E-state index is 0.278. The van der Waals surface area contributed by atoms with Crippen LogP contribution in [0.25, 0.3) is 0 Å². The average Bonchev–Trinajstić information content (AvgIpc) is 1.62. The van der Waals surface area contributed by atoms with Crippen LogP contribution in [0.2, 0.25) is 0 Å². The molecule has 0 aromatic carbocycles. The third-order valence-electron chi connectivity index (χ3n) is 0.552. The standard InChI is InChI=1S/C3H6Br2O3S/c4-1-3(5)2-9(6,7)8/h3H,1-2H2,(H,6,7,8)/p-1. The Labute approximate surface area is 70.8 Å². The van der Waals surface area contributed by atoms with Gasteiger partial charge in [-0.15, -0.1) is 0 Å². The molecule has 56 valence electrons. The van der Waals surface area contributed by atoms with E-state index < -0.39 is 10.1 Å². The van der Waals surface area contributed by atoms with Crippen molar-refractivity contribution >= 4 is 42.0 Å². The van der Waals surface area contributed by atoms with Crippen molar-refractivity contribution in [3.63, 3.8) is 0 Å². The van der Waals surface area contributed by atoms with E-state index in [2.05, 4.69) is 31.9 Å². The summed E-state index contributed by atoms with van der Waals surface area (Å²) in [6.45, 7) is 0. The molecular formula is C3H5Br2O3S-. The Kier molecular flexibility index (Phi) is 4.28. The van der Waals surface area contributed by atoms with Gasteiger partial charge < -0.3 is 4.55 Å². The first-order valence-electron chi connectivity index (χ1n) is 2.09. The van der Waals surface area contributed by atoms with Gasteiger partial charge in [0.25, 0.3) is 0 Å². The SMILES string of the molecule is O=S(=O)([O-])CC(Br)CBr. The number of rotatable bonds is 3. The number of hydrogen-bond acceptors (Lipinski definition) is 3. The Morgan fingerprint density at radius 3 is 2.11 bits per heavy atom. The molecule has 0 amide bonds. The molecule has 0 fully saturated rings. The van der Waals surface area contributed by atoms with Gasteiger partial charge in [-0.1, -0.05) is 31.9 Å². The highest BCUT2D eigenvalue weighted by atomic mass is 79.9. The molecule has 0 aliphatic carbocycles. The van der Waals surface area contributed by atoms with Crippen LogP contribution in [-0.2, 0) is 10.1 Å². The van der Waals surface area contributed by atoms with Crippen LogP contribution in [-0.4, -0.2) is 28.9 Å². The fourth-order valence-electron chi connectivity index (χ4n) is 0.266. The van der Waals surface area contributed by atoms with E-state index in [1.807, 2.05) is 0 Å². The molecule has 6 heteroatoms. The highest BCUT2D eigenvalue weighted by molar-refractivity contribution is 9.12. The summed E-state index contributed by atoms with van der Waals surface area (Å²) < 4.78 is 30.0. The second kappa shape index (κ2) is 3.90. The fraction of sp³-hybridized carbons (Fsp3) is 1.00. The second-order valence-corrected chi connectivity index (χ2v) is 4.87. The van der Waals surface area contributed by atoms with Crippen molar-refractivity contribution in [1.82, 2.24) is 0 Å². The molecule has 0 bridgehead atoms. The molecule has 0 rings (SSSR count). The van der Waals surface area contributed by atoms with Crippen LogP contribution in [0.3, 0.4) is 0 Å². The zero-order valence-corrected chi connectivity index (χ0v) is 8.37. The van der Waals surface area contributed by atoms with Crippen LogP contribution in [0, 0.1) is 0 Å². The van der Waals surface area contributed by atoms with Crippen molar-refractivity contribution < 1.29 is 13.0 Å². The van der Waals surface area contributed by atoms with E-state index in [0.717, 1.165) is 0 Å². The van der Waals surface area contributed by atoms with Crippen molar-refractivity contribution in [2.45, 2.75) is 4.83 Å². The first-order chi connectivity index (χ1) is 3.95. The predicted octanol–water partition coefficient (Wildman–Crippen LogP) is 0.690. The lowest BCUT2D eigenvalue weighted by Gasteiger charge is -2.08. The summed E-state index contributed by atoms with van der Waals surface area (Å²) in [6, 6.07) is 0. The summed E-state index contributed by atoms with van der Waals surface area (Å²) in [5.41, 5.74) is 0.